The van der Waals surface area contributed by atoms with Gasteiger partial charge in [-0.3, -0.25) is 0 Å². The first kappa shape index (κ1) is 12.1. The van der Waals surface area contributed by atoms with Gasteiger partial charge in [0.05, 0.1) is 4.47 Å². The van der Waals surface area contributed by atoms with Crippen LogP contribution in [0.15, 0.2) is 29.0 Å². The normalized spacial score (nSPS) is 10.3. The van der Waals surface area contributed by atoms with Crippen LogP contribution in [0.5, 0.6) is 11.6 Å². The van der Waals surface area contributed by atoms with E-state index in [0.717, 1.165) is 0 Å². The predicted molar refractivity (Wildman–Crippen MR) is 65.6 cm³/mol. The second-order valence-electron chi connectivity index (χ2n) is 3.05. The molecule has 0 aliphatic carbocycles. The number of halogens is 3. The number of nitrogen functional groups attached to an aromatic ring is 1. The Bertz CT molecular complexity index is 567. The summed E-state index contributed by atoms with van der Waals surface area (Å²) in [7, 11) is 0. The quantitative estimate of drug-likeness (QED) is 0.922. The zero-order valence-corrected chi connectivity index (χ0v) is 10.7. The molecular formula is C10H6BrClFN3O. The topological polar surface area (TPSA) is 61.0 Å². The average Bonchev–Trinajstić information content (AvgIpc) is 2.28. The maximum Gasteiger partial charge on any atom is 0.243 e. The van der Waals surface area contributed by atoms with E-state index in [1.807, 2.05) is 0 Å². The van der Waals surface area contributed by atoms with Crippen molar-refractivity contribution in [2.45, 2.75) is 0 Å². The zero-order valence-electron chi connectivity index (χ0n) is 8.32. The molecule has 0 aliphatic rings. The SMILES string of the molecule is Nc1ncnc(Oc2ccc(F)cc2Br)c1Cl. The molecule has 1 aromatic heterocycles. The van der Waals surface area contributed by atoms with Gasteiger partial charge in [-0.1, -0.05) is 11.6 Å². The largest absolute Gasteiger partial charge is 0.436 e. The van der Waals surface area contributed by atoms with Crippen molar-refractivity contribution in [3.8, 4) is 11.6 Å². The van der Waals surface area contributed by atoms with Gasteiger partial charge in [0.25, 0.3) is 0 Å². The van der Waals surface area contributed by atoms with Gasteiger partial charge in [-0.2, -0.15) is 4.98 Å². The molecule has 17 heavy (non-hydrogen) atoms. The number of anilines is 1. The molecule has 0 aliphatic heterocycles. The van der Waals surface area contributed by atoms with Crippen molar-refractivity contribution in [2.75, 3.05) is 5.73 Å². The molecule has 0 atom stereocenters. The second kappa shape index (κ2) is 4.85. The van der Waals surface area contributed by atoms with Gasteiger partial charge in [0.1, 0.15) is 28.7 Å². The van der Waals surface area contributed by atoms with Crippen molar-refractivity contribution >= 4 is 33.3 Å². The molecule has 0 fully saturated rings. The standard InChI is InChI=1S/C10H6BrClFN3O/c11-6-3-5(13)1-2-7(6)17-10-8(12)9(14)15-4-16-10/h1-4H,(H2,14,15,16). The first-order chi connectivity index (χ1) is 8.08. The molecule has 2 N–H and O–H groups in total. The molecule has 7 heteroatoms. The van der Waals surface area contributed by atoms with E-state index in [9.17, 15) is 4.39 Å². The van der Waals surface area contributed by atoms with E-state index >= 15 is 0 Å². The minimum absolute atomic E-state index is 0.115. The molecule has 0 spiro atoms. The van der Waals surface area contributed by atoms with E-state index in [-0.39, 0.29) is 22.5 Å². The van der Waals surface area contributed by atoms with Gasteiger partial charge in [0.2, 0.25) is 5.88 Å². The number of hydrogen-bond donors (Lipinski definition) is 1. The molecule has 2 rings (SSSR count). The van der Waals surface area contributed by atoms with Gasteiger partial charge >= 0.3 is 0 Å². The number of hydrogen-bond acceptors (Lipinski definition) is 4. The minimum atomic E-state index is -0.377. The third kappa shape index (κ3) is 2.65. The number of nitrogens with zero attached hydrogens (tertiary/aromatic N) is 2. The first-order valence-electron chi connectivity index (χ1n) is 4.47. The van der Waals surface area contributed by atoms with Crippen LogP contribution in [0, 0.1) is 5.82 Å². The molecule has 0 amide bonds. The number of aromatic nitrogens is 2. The minimum Gasteiger partial charge on any atom is -0.436 e. The molecule has 0 radical (unpaired) electrons. The summed E-state index contributed by atoms with van der Waals surface area (Å²) in [6, 6.07) is 3.99. The lowest BCUT2D eigenvalue weighted by atomic mass is 10.3. The zero-order chi connectivity index (χ0) is 12.4. The highest BCUT2D eigenvalue weighted by atomic mass is 79.9. The summed E-state index contributed by atoms with van der Waals surface area (Å²) in [4.78, 5) is 7.54. The molecule has 4 nitrogen and oxygen atoms in total. The van der Waals surface area contributed by atoms with Gasteiger partial charge in [-0.15, -0.1) is 0 Å². The van der Waals surface area contributed by atoms with E-state index in [4.69, 9.17) is 22.1 Å². The predicted octanol–water partition coefficient (Wildman–Crippen LogP) is 3.41. The molecule has 0 saturated carbocycles. The van der Waals surface area contributed by atoms with Crippen LogP contribution in [0.3, 0.4) is 0 Å². The molecule has 0 saturated heterocycles. The van der Waals surface area contributed by atoms with Crippen LogP contribution in [0.2, 0.25) is 5.02 Å². The van der Waals surface area contributed by atoms with E-state index in [1.165, 1.54) is 24.5 Å². The van der Waals surface area contributed by atoms with E-state index < -0.39 is 0 Å². The Morgan fingerprint density at radius 1 is 1.35 bits per heavy atom. The first-order valence-corrected chi connectivity index (χ1v) is 5.64. The molecule has 1 aromatic carbocycles. The Balaban J connectivity index is 2.35. The summed E-state index contributed by atoms with van der Waals surface area (Å²) >= 11 is 9.03. The number of rotatable bonds is 2. The fourth-order valence-corrected chi connectivity index (χ4v) is 1.67. The average molecular weight is 319 g/mol. The lowest BCUT2D eigenvalue weighted by Gasteiger charge is -2.08. The lowest BCUT2D eigenvalue weighted by molar-refractivity contribution is 0.457. The van der Waals surface area contributed by atoms with Gasteiger partial charge in [0.15, 0.2) is 0 Å². The number of nitrogens with two attached hydrogens (primary N) is 1. The van der Waals surface area contributed by atoms with Crippen LogP contribution in [0.4, 0.5) is 10.2 Å². The van der Waals surface area contributed by atoms with Crippen LogP contribution < -0.4 is 10.5 Å². The van der Waals surface area contributed by atoms with Crippen LogP contribution >= 0.6 is 27.5 Å². The van der Waals surface area contributed by atoms with Crippen LogP contribution in [-0.4, -0.2) is 9.97 Å². The summed E-state index contributed by atoms with van der Waals surface area (Å²) < 4.78 is 18.7. The summed E-state index contributed by atoms with van der Waals surface area (Å²) in [5, 5.41) is 0.115. The molecule has 0 unspecified atom stereocenters. The highest BCUT2D eigenvalue weighted by Crippen LogP contribution is 2.33. The summed E-state index contributed by atoms with van der Waals surface area (Å²) in [6.45, 7) is 0. The highest BCUT2D eigenvalue weighted by Gasteiger charge is 2.11. The Labute approximate surface area is 110 Å². The smallest absolute Gasteiger partial charge is 0.243 e. The lowest BCUT2D eigenvalue weighted by Crippen LogP contribution is -1.96. The summed E-state index contributed by atoms with van der Waals surface area (Å²) in [5.41, 5.74) is 5.50. The maximum atomic E-state index is 12.9. The highest BCUT2D eigenvalue weighted by molar-refractivity contribution is 9.10. The van der Waals surface area contributed by atoms with E-state index in [2.05, 4.69) is 25.9 Å². The van der Waals surface area contributed by atoms with Crippen molar-refractivity contribution in [3.63, 3.8) is 0 Å². The van der Waals surface area contributed by atoms with Gasteiger partial charge < -0.3 is 10.5 Å². The molecule has 2 aromatic rings. The Kier molecular flexibility index (Phi) is 3.44. The number of ether oxygens (including phenoxy) is 1. The third-order valence-corrected chi connectivity index (χ3v) is 2.86. The monoisotopic (exact) mass is 317 g/mol. The molecule has 1 heterocycles. The maximum absolute atomic E-state index is 12.9. The molecule has 0 bridgehead atoms. The van der Waals surface area contributed by atoms with Crippen LogP contribution in [0.1, 0.15) is 0 Å². The Morgan fingerprint density at radius 3 is 2.82 bits per heavy atom. The van der Waals surface area contributed by atoms with Crippen molar-refractivity contribution in [1.82, 2.24) is 9.97 Å². The van der Waals surface area contributed by atoms with Gasteiger partial charge in [-0.25, -0.2) is 9.37 Å². The molecular weight excluding hydrogens is 312 g/mol. The van der Waals surface area contributed by atoms with E-state index in [0.29, 0.717) is 10.2 Å². The second-order valence-corrected chi connectivity index (χ2v) is 4.29. The fourth-order valence-electron chi connectivity index (χ4n) is 1.10. The summed E-state index contributed by atoms with van der Waals surface area (Å²) in [6.07, 6.45) is 1.23. The van der Waals surface area contributed by atoms with Crippen molar-refractivity contribution in [2.24, 2.45) is 0 Å². The van der Waals surface area contributed by atoms with E-state index in [1.54, 1.807) is 0 Å². The van der Waals surface area contributed by atoms with Crippen molar-refractivity contribution in [3.05, 3.63) is 39.8 Å². The Hall–Kier alpha value is -1.40. The van der Waals surface area contributed by atoms with Crippen molar-refractivity contribution < 1.29 is 9.13 Å². The van der Waals surface area contributed by atoms with Crippen molar-refractivity contribution in [1.29, 1.82) is 0 Å². The van der Waals surface area contributed by atoms with Crippen LogP contribution in [0.25, 0.3) is 0 Å². The third-order valence-electron chi connectivity index (χ3n) is 1.89. The summed E-state index contributed by atoms with van der Waals surface area (Å²) in [5.74, 6) is 0.241. The fraction of sp³-hybridized carbons (Fsp3) is 0. The Morgan fingerprint density at radius 2 is 2.12 bits per heavy atom. The molecule has 88 valence electrons. The van der Waals surface area contributed by atoms with Gasteiger partial charge in [0, 0.05) is 0 Å². The van der Waals surface area contributed by atoms with Crippen LogP contribution in [-0.2, 0) is 0 Å². The number of benzene rings is 1. The van der Waals surface area contributed by atoms with Gasteiger partial charge in [-0.05, 0) is 34.1 Å².